The van der Waals surface area contributed by atoms with Crippen LogP contribution in [0.5, 0.6) is 0 Å². The molecule has 8 nitrogen and oxygen atoms in total. The lowest BCUT2D eigenvalue weighted by molar-refractivity contribution is -0.133. The maximum atomic E-state index is 13.2. The third-order valence-corrected chi connectivity index (χ3v) is 6.39. The first-order chi connectivity index (χ1) is 16.5. The molecule has 4 rings (SSSR count). The van der Waals surface area contributed by atoms with Gasteiger partial charge in [0.2, 0.25) is 11.8 Å². The molecule has 0 radical (unpaired) electrons. The predicted octanol–water partition coefficient (Wildman–Crippen LogP) is 3.31. The van der Waals surface area contributed by atoms with Crippen LogP contribution in [0.4, 0.5) is 5.69 Å². The molecule has 2 aromatic rings. The summed E-state index contributed by atoms with van der Waals surface area (Å²) in [5.41, 5.74) is 3.04. The Bertz CT molecular complexity index is 1060. The Morgan fingerprint density at radius 1 is 1.03 bits per heavy atom. The van der Waals surface area contributed by atoms with Crippen molar-refractivity contribution in [3.63, 3.8) is 0 Å². The average molecular weight is 462 g/mol. The second-order valence-corrected chi connectivity index (χ2v) is 8.84. The third-order valence-electron chi connectivity index (χ3n) is 6.39. The number of nitrogens with zero attached hydrogens (tertiary/aromatic N) is 4. The summed E-state index contributed by atoms with van der Waals surface area (Å²) in [6, 6.07) is 7.30. The molecule has 0 aliphatic carbocycles. The molecule has 8 heteroatoms. The largest absolute Gasteiger partial charge is 0.343 e. The summed E-state index contributed by atoms with van der Waals surface area (Å²) in [7, 11) is 0. The van der Waals surface area contributed by atoms with E-state index in [0.29, 0.717) is 30.9 Å². The highest BCUT2D eigenvalue weighted by Gasteiger charge is 2.29. The van der Waals surface area contributed by atoms with Gasteiger partial charge < -0.3 is 15.1 Å². The molecule has 0 saturated carbocycles. The van der Waals surface area contributed by atoms with Gasteiger partial charge in [-0.2, -0.15) is 0 Å². The van der Waals surface area contributed by atoms with E-state index in [4.69, 9.17) is 4.98 Å². The molecule has 178 valence electrons. The maximum absolute atomic E-state index is 13.2. The van der Waals surface area contributed by atoms with Crippen molar-refractivity contribution in [2.75, 3.05) is 31.5 Å². The molecule has 1 fully saturated rings. The summed E-state index contributed by atoms with van der Waals surface area (Å²) in [6.07, 6.45) is 10.0. The van der Waals surface area contributed by atoms with E-state index in [1.54, 1.807) is 24.5 Å². The zero-order valence-electron chi connectivity index (χ0n) is 19.6. The van der Waals surface area contributed by atoms with Gasteiger partial charge in [0, 0.05) is 56.8 Å². The number of carbonyl (C=O) groups excluding carboxylic acids is 3. The van der Waals surface area contributed by atoms with E-state index in [0.717, 1.165) is 37.2 Å². The number of nitrogens with one attached hydrogen (secondary N) is 1. The van der Waals surface area contributed by atoms with E-state index < -0.39 is 0 Å². The van der Waals surface area contributed by atoms with Gasteiger partial charge in [-0.05, 0) is 50.5 Å². The van der Waals surface area contributed by atoms with Gasteiger partial charge in [-0.25, -0.2) is 0 Å². The number of carbonyl (C=O) groups is 3. The van der Waals surface area contributed by atoms with Gasteiger partial charge in [0.05, 0.1) is 23.1 Å². The van der Waals surface area contributed by atoms with Crippen molar-refractivity contribution < 1.29 is 14.4 Å². The van der Waals surface area contributed by atoms with Gasteiger partial charge in [0.1, 0.15) is 0 Å². The van der Waals surface area contributed by atoms with Crippen LogP contribution < -0.4 is 5.32 Å². The van der Waals surface area contributed by atoms with Crippen molar-refractivity contribution >= 4 is 23.4 Å². The molecule has 2 aromatic heterocycles. The average Bonchev–Trinajstić information content (AvgIpc) is 2.88. The molecule has 0 spiro atoms. The predicted molar refractivity (Wildman–Crippen MR) is 129 cm³/mol. The molecule has 0 aromatic carbocycles. The topological polar surface area (TPSA) is 95.5 Å². The minimum atomic E-state index is -0.198. The number of rotatable bonds is 6. The molecule has 2 aliphatic heterocycles. The fraction of sp³-hybridized carbons (Fsp3) is 0.423. The van der Waals surface area contributed by atoms with Crippen molar-refractivity contribution in [1.29, 1.82) is 0 Å². The Balaban J connectivity index is 1.32. The van der Waals surface area contributed by atoms with Crippen LogP contribution in [0, 0.1) is 6.92 Å². The standard InChI is InChI=1S/C26H31N5O3/c1-19-7-8-22(26(34)31-14-3-2-4-15-31)25(28-19)20-11-16-30(17-12-20)24(33)10-9-23(32)29-21-6-5-13-27-18-21/h2-3,5-8,13,18,20H,4,9-12,14-17H2,1H3,(H,29,32). The number of amides is 3. The van der Waals surface area contributed by atoms with Crippen LogP contribution in [0.15, 0.2) is 48.8 Å². The molecular weight excluding hydrogens is 430 g/mol. The summed E-state index contributed by atoms with van der Waals surface area (Å²) in [4.78, 5) is 50.4. The minimum Gasteiger partial charge on any atom is -0.343 e. The van der Waals surface area contributed by atoms with Crippen molar-refractivity contribution in [2.24, 2.45) is 0 Å². The number of anilines is 1. The van der Waals surface area contributed by atoms with Crippen LogP contribution in [0.2, 0.25) is 0 Å². The lowest BCUT2D eigenvalue weighted by Crippen LogP contribution is -2.39. The van der Waals surface area contributed by atoms with E-state index in [1.165, 1.54) is 0 Å². The fourth-order valence-electron chi connectivity index (χ4n) is 4.51. The Morgan fingerprint density at radius 3 is 2.56 bits per heavy atom. The molecule has 0 atom stereocenters. The van der Waals surface area contributed by atoms with Gasteiger partial charge in [-0.15, -0.1) is 0 Å². The highest BCUT2D eigenvalue weighted by Crippen LogP contribution is 2.30. The van der Waals surface area contributed by atoms with Gasteiger partial charge in [0.15, 0.2) is 0 Å². The van der Waals surface area contributed by atoms with E-state index >= 15 is 0 Å². The Morgan fingerprint density at radius 2 is 1.85 bits per heavy atom. The van der Waals surface area contributed by atoms with Crippen LogP contribution in [-0.2, 0) is 9.59 Å². The quantitative estimate of drug-likeness (QED) is 0.666. The van der Waals surface area contributed by atoms with E-state index in [2.05, 4.69) is 16.4 Å². The van der Waals surface area contributed by atoms with Gasteiger partial charge in [-0.1, -0.05) is 12.2 Å². The van der Waals surface area contributed by atoms with Crippen LogP contribution in [0.3, 0.4) is 0 Å². The normalized spacial score (nSPS) is 16.4. The van der Waals surface area contributed by atoms with Crippen molar-refractivity contribution in [3.05, 3.63) is 65.8 Å². The van der Waals surface area contributed by atoms with Gasteiger partial charge >= 0.3 is 0 Å². The summed E-state index contributed by atoms with van der Waals surface area (Å²) in [5, 5.41) is 2.76. The van der Waals surface area contributed by atoms with E-state index in [1.807, 2.05) is 34.9 Å². The third kappa shape index (κ3) is 5.87. The first-order valence-electron chi connectivity index (χ1n) is 11.9. The lowest BCUT2D eigenvalue weighted by atomic mass is 9.89. The molecular formula is C26H31N5O3. The number of pyridine rings is 2. The number of aryl methyl sites for hydroxylation is 1. The smallest absolute Gasteiger partial charge is 0.256 e. The highest BCUT2D eigenvalue weighted by molar-refractivity contribution is 5.96. The molecule has 1 N–H and O–H groups in total. The van der Waals surface area contributed by atoms with Crippen LogP contribution >= 0.6 is 0 Å². The van der Waals surface area contributed by atoms with Gasteiger partial charge in [-0.3, -0.25) is 24.4 Å². The summed E-state index contributed by atoms with van der Waals surface area (Å²) in [5.74, 6) is -0.0496. The second-order valence-electron chi connectivity index (χ2n) is 8.84. The second kappa shape index (κ2) is 11.0. The molecule has 34 heavy (non-hydrogen) atoms. The first-order valence-corrected chi connectivity index (χ1v) is 11.9. The monoisotopic (exact) mass is 461 g/mol. The van der Waals surface area contributed by atoms with Gasteiger partial charge in [0.25, 0.3) is 5.91 Å². The first kappa shape index (κ1) is 23.6. The van der Waals surface area contributed by atoms with Crippen LogP contribution in [0.25, 0.3) is 0 Å². The molecule has 0 bridgehead atoms. The Kier molecular flexibility index (Phi) is 7.67. The Hall–Kier alpha value is -3.55. The van der Waals surface area contributed by atoms with Crippen LogP contribution in [0.1, 0.15) is 59.8 Å². The molecule has 1 saturated heterocycles. The number of piperidine rings is 1. The van der Waals surface area contributed by atoms with Crippen molar-refractivity contribution in [3.8, 4) is 0 Å². The number of likely N-dealkylation sites (tertiary alicyclic amines) is 1. The zero-order valence-corrected chi connectivity index (χ0v) is 19.6. The highest BCUT2D eigenvalue weighted by atomic mass is 16.2. The minimum absolute atomic E-state index is 0.0200. The van der Waals surface area contributed by atoms with Crippen molar-refractivity contribution in [1.82, 2.24) is 19.8 Å². The summed E-state index contributed by atoms with van der Waals surface area (Å²) < 4.78 is 0. The molecule has 2 aliphatic rings. The molecule has 0 unspecified atom stereocenters. The number of hydrogen-bond acceptors (Lipinski definition) is 5. The molecule has 4 heterocycles. The maximum Gasteiger partial charge on any atom is 0.256 e. The fourth-order valence-corrected chi connectivity index (χ4v) is 4.51. The van der Waals surface area contributed by atoms with E-state index in [9.17, 15) is 14.4 Å². The zero-order chi connectivity index (χ0) is 23.9. The SMILES string of the molecule is Cc1ccc(C(=O)N2CC=CCC2)c(C2CCN(C(=O)CCC(=O)Nc3cccnc3)CC2)n1. The lowest BCUT2D eigenvalue weighted by Gasteiger charge is -2.33. The number of hydrogen-bond donors (Lipinski definition) is 1. The Labute approximate surface area is 200 Å². The molecule has 3 amide bonds. The summed E-state index contributed by atoms with van der Waals surface area (Å²) >= 11 is 0. The van der Waals surface area contributed by atoms with Crippen molar-refractivity contribution in [2.45, 2.75) is 44.9 Å². The van der Waals surface area contributed by atoms with Crippen LogP contribution in [-0.4, -0.2) is 63.7 Å². The summed E-state index contributed by atoms with van der Waals surface area (Å²) in [6.45, 7) is 4.50. The van der Waals surface area contributed by atoms with E-state index in [-0.39, 0.29) is 36.5 Å². The number of aromatic nitrogens is 2.